The summed E-state index contributed by atoms with van der Waals surface area (Å²) < 4.78 is 6.03. The third-order valence-electron chi connectivity index (χ3n) is 7.38. The monoisotopic (exact) mass is 425 g/mol. The van der Waals surface area contributed by atoms with E-state index in [4.69, 9.17) is 9.84 Å². The van der Waals surface area contributed by atoms with Gasteiger partial charge in [0.05, 0.1) is 19.3 Å². The number of aliphatic hydroxyl groups is 1. The van der Waals surface area contributed by atoms with Crippen molar-refractivity contribution in [1.29, 1.82) is 0 Å². The second-order valence-electron chi connectivity index (χ2n) is 9.56. The van der Waals surface area contributed by atoms with Gasteiger partial charge in [-0.05, 0) is 43.0 Å². The molecule has 170 valence electrons. The minimum absolute atomic E-state index is 0.0517. The van der Waals surface area contributed by atoms with Crippen LogP contribution in [0.2, 0.25) is 0 Å². The minimum Gasteiger partial charge on any atom is -0.395 e. The van der Waals surface area contributed by atoms with Crippen LogP contribution in [0.15, 0.2) is 48.1 Å². The molecular weight excluding hydrogens is 386 g/mol. The fourth-order valence-corrected chi connectivity index (χ4v) is 4.94. The molecule has 0 bridgehead atoms. The quantitative estimate of drug-likeness (QED) is 0.671. The molecule has 2 N–H and O–H groups in total. The van der Waals surface area contributed by atoms with Crippen LogP contribution in [0.3, 0.4) is 0 Å². The maximum absolute atomic E-state index is 9.14. The fourth-order valence-electron chi connectivity index (χ4n) is 4.94. The van der Waals surface area contributed by atoms with E-state index in [1.165, 1.54) is 16.7 Å². The number of nitrogens with one attached hydrogen (secondary N) is 1. The summed E-state index contributed by atoms with van der Waals surface area (Å²) in [7, 11) is 0. The summed E-state index contributed by atoms with van der Waals surface area (Å²) in [6.07, 6.45) is 9.48. The third kappa shape index (κ3) is 5.65. The van der Waals surface area contributed by atoms with Gasteiger partial charge >= 0.3 is 0 Å². The Morgan fingerprint density at radius 2 is 1.97 bits per heavy atom. The van der Waals surface area contributed by atoms with Crippen molar-refractivity contribution >= 4 is 0 Å². The summed E-state index contributed by atoms with van der Waals surface area (Å²) in [6, 6.07) is 9.69. The highest BCUT2D eigenvalue weighted by Gasteiger charge is 2.26. The van der Waals surface area contributed by atoms with Crippen LogP contribution in [0, 0.1) is 0 Å². The van der Waals surface area contributed by atoms with Gasteiger partial charge in [0.1, 0.15) is 0 Å². The predicted octanol–water partition coefficient (Wildman–Crippen LogP) is 2.88. The summed E-state index contributed by atoms with van der Waals surface area (Å²) in [5.41, 5.74) is 4.12. The number of allylic oxidation sites excluding steroid dienone is 2. The second-order valence-corrected chi connectivity index (χ2v) is 9.56. The molecule has 1 aromatic carbocycles. The number of hydrogen-bond donors (Lipinski definition) is 2. The molecule has 1 aromatic rings. The molecule has 5 nitrogen and oxygen atoms in total. The Hall–Kier alpha value is -1.50. The lowest BCUT2D eigenvalue weighted by atomic mass is 9.76. The number of piperazine rings is 1. The first kappa shape index (κ1) is 22.7. The van der Waals surface area contributed by atoms with Crippen molar-refractivity contribution < 1.29 is 9.84 Å². The molecule has 2 heterocycles. The molecule has 31 heavy (non-hydrogen) atoms. The Morgan fingerprint density at radius 1 is 1.19 bits per heavy atom. The molecule has 0 amide bonds. The van der Waals surface area contributed by atoms with E-state index in [2.05, 4.69) is 71.5 Å². The average Bonchev–Trinajstić information content (AvgIpc) is 3.33. The highest BCUT2D eigenvalue weighted by Crippen LogP contribution is 2.35. The number of rotatable bonds is 8. The van der Waals surface area contributed by atoms with Crippen LogP contribution in [0.25, 0.3) is 0 Å². The lowest BCUT2D eigenvalue weighted by Crippen LogP contribution is -2.47. The number of aliphatic hydroxyl groups excluding tert-OH is 1. The smallest absolute Gasteiger partial charge is 0.0718 e. The number of benzene rings is 1. The molecule has 2 fully saturated rings. The predicted molar refractivity (Wildman–Crippen MR) is 126 cm³/mol. The van der Waals surface area contributed by atoms with Crippen LogP contribution in [0.5, 0.6) is 0 Å². The molecule has 3 unspecified atom stereocenters. The summed E-state index contributed by atoms with van der Waals surface area (Å²) in [6.45, 7) is 12.7. The van der Waals surface area contributed by atoms with Crippen molar-refractivity contribution in [2.45, 2.75) is 44.2 Å². The highest BCUT2D eigenvalue weighted by atomic mass is 16.5. The molecule has 4 rings (SSSR count). The van der Waals surface area contributed by atoms with Crippen LogP contribution >= 0.6 is 0 Å². The third-order valence-corrected chi connectivity index (χ3v) is 7.38. The van der Waals surface area contributed by atoms with Gasteiger partial charge < -0.3 is 15.2 Å². The minimum atomic E-state index is 0.0517. The van der Waals surface area contributed by atoms with E-state index in [9.17, 15) is 0 Å². The lowest BCUT2D eigenvalue weighted by molar-refractivity contribution is 0.0856. The van der Waals surface area contributed by atoms with E-state index in [1.54, 1.807) is 0 Å². The topological polar surface area (TPSA) is 48.0 Å². The molecular formula is C26H39N3O2. The highest BCUT2D eigenvalue weighted by molar-refractivity contribution is 5.39. The van der Waals surface area contributed by atoms with Gasteiger partial charge in [0, 0.05) is 50.7 Å². The Kier molecular flexibility index (Phi) is 7.62. The number of hydrogen-bond acceptors (Lipinski definition) is 5. The lowest BCUT2D eigenvalue weighted by Gasteiger charge is -2.38. The normalized spacial score (nSPS) is 28.6. The van der Waals surface area contributed by atoms with Crippen LogP contribution in [-0.4, -0.2) is 80.0 Å². The van der Waals surface area contributed by atoms with E-state index < -0.39 is 0 Å². The summed E-state index contributed by atoms with van der Waals surface area (Å²) in [5.74, 6) is 0. The van der Waals surface area contributed by atoms with Crippen molar-refractivity contribution in [3.8, 4) is 0 Å². The summed E-state index contributed by atoms with van der Waals surface area (Å²) in [4.78, 5) is 4.90. The number of nitrogens with zero attached hydrogens (tertiary/aromatic N) is 2. The Bertz CT molecular complexity index is 761. The fraction of sp³-hybridized carbons (Fsp3) is 0.615. The van der Waals surface area contributed by atoms with Gasteiger partial charge in [-0.15, -0.1) is 0 Å². The summed E-state index contributed by atoms with van der Waals surface area (Å²) in [5, 5.41) is 12.5. The van der Waals surface area contributed by atoms with Gasteiger partial charge in [-0.2, -0.15) is 0 Å². The zero-order valence-corrected chi connectivity index (χ0v) is 19.2. The van der Waals surface area contributed by atoms with Gasteiger partial charge in [-0.1, -0.05) is 49.4 Å². The summed E-state index contributed by atoms with van der Waals surface area (Å²) >= 11 is 0. The van der Waals surface area contributed by atoms with Crippen LogP contribution < -0.4 is 5.32 Å². The van der Waals surface area contributed by atoms with Crippen molar-refractivity contribution in [3.05, 3.63) is 59.2 Å². The molecule has 5 heteroatoms. The van der Waals surface area contributed by atoms with Gasteiger partial charge in [-0.25, -0.2) is 0 Å². The van der Waals surface area contributed by atoms with Crippen molar-refractivity contribution in [3.63, 3.8) is 0 Å². The standard InChI is InChI=1S/C26H39N3O2/c1-21(29-15-13-28(14-16-29)17-18-30)23-3-5-24(6-4-23)26(2)10-7-22(8-11-26)20-31-25-9-12-27-19-25/h3-8,10,21,25,27,30H,9,11-20H2,1-2H3. The number of β-amino-alcohol motifs (C(OH)–C–C–N with tert-alkyl or cyclic N) is 1. The van der Waals surface area contributed by atoms with E-state index in [0.717, 1.165) is 65.3 Å². The van der Waals surface area contributed by atoms with Crippen molar-refractivity contribution in [2.75, 3.05) is 59.0 Å². The molecule has 3 aliphatic rings. The Labute approximate surface area is 187 Å². The molecule has 0 radical (unpaired) electrons. The van der Waals surface area contributed by atoms with Crippen LogP contribution in [-0.2, 0) is 10.2 Å². The molecule has 2 saturated heterocycles. The van der Waals surface area contributed by atoms with Crippen LogP contribution in [0.1, 0.15) is 43.9 Å². The van der Waals surface area contributed by atoms with E-state index >= 15 is 0 Å². The van der Waals surface area contributed by atoms with Crippen molar-refractivity contribution in [1.82, 2.24) is 15.1 Å². The van der Waals surface area contributed by atoms with Crippen LogP contribution in [0.4, 0.5) is 0 Å². The Balaban J connectivity index is 1.31. The van der Waals surface area contributed by atoms with Gasteiger partial charge in [-0.3, -0.25) is 9.80 Å². The first-order valence-corrected chi connectivity index (χ1v) is 12.0. The molecule has 3 atom stereocenters. The average molecular weight is 426 g/mol. The van der Waals surface area contributed by atoms with Gasteiger partial charge in [0.2, 0.25) is 0 Å². The second kappa shape index (κ2) is 10.4. The molecule has 2 aliphatic heterocycles. The van der Waals surface area contributed by atoms with E-state index in [0.29, 0.717) is 12.1 Å². The maximum atomic E-state index is 9.14. The molecule has 0 spiro atoms. The first-order valence-electron chi connectivity index (χ1n) is 12.0. The molecule has 0 aromatic heterocycles. The van der Waals surface area contributed by atoms with E-state index in [1.807, 2.05) is 0 Å². The van der Waals surface area contributed by atoms with Gasteiger partial charge in [0.15, 0.2) is 0 Å². The van der Waals surface area contributed by atoms with Crippen molar-refractivity contribution in [2.24, 2.45) is 0 Å². The Morgan fingerprint density at radius 3 is 2.58 bits per heavy atom. The van der Waals surface area contributed by atoms with Gasteiger partial charge in [0.25, 0.3) is 0 Å². The van der Waals surface area contributed by atoms with E-state index in [-0.39, 0.29) is 12.0 Å². The molecule has 1 aliphatic carbocycles. The zero-order valence-electron chi connectivity index (χ0n) is 19.2. The SMILES string of the molecule is CC(c1ccc(C2(C)C=CC(COC3CCNC3)=CC2)cc1)N1CCN(CCO)CC1. The molecule has 0 saturated carbocycles. The first-order chi connectivity index (χ1) is 15.1. The maximum Gasteiger partial charge on any atom is 0.0718 e. The number of ether oxygens (including phenoxy) is 1. The largest absolute Gasteiger partial charge is 0.395 e. The zero-order chi connectivity index (χ0) is 21.7.